The first-order valence-electron chi connectivity index (χ1n) is 9.01. The molecule has 2 heterocycles. The van der Waals surface area contributed by atoms with Gasteiger partial charge in [-0.2, -0.15) is 18.3 Å². The molecule has 10 heteroatoms. The molecular formula is C20H20F3N5OS. The average Bonchev–Trinajstić information content (AvgIpc) is 3.06. The Bertz CT molecular complexity index is 979. The molecule has 0 saturated carbocycles. The maximum Gasteiger partial charge on any atom is 0.417 e. The van der Waals surface area contributed by atoms with Crippen molar-refractivity contribution >= 4 is 30.5 Å². The Kier molecular flexibility index (Phi) is 6.76. The molecule has 2 unspecified atom stereocenters. The predicted molar refractivity (Wildman–Crippen MR) is 110 cm³/mol. The molecular weight excluding hydrogens is 415 g/mol. The first-order chi connectivity index (χ1) is 14.3. The van der Waals surface area contributed by atoms with Crippen molar-refractivity contribution in [3.8, 4) is 0 Å². The summed E-state index contributed by atoms with van der Waals surface area (Å²) in [6.45, 7) is 5.78. The minimum atomic E-state index is -4.41. The first-order valence-corrected chi connectivity index (χ1v) is 9.83. The number of alkyl halides is 3. The Labute approximate surface area is 176 Å². The summed E-state index contributed by atoms with van der Waals surface area (Å²) in [6.07, 6.45) is 5.50. The zero-order chi connectivity index (χ0) is 21.7. The van der Waals surface area contributed by atoms with Gasteiger partial charge in [0.15, 0.2) is 6.40 Å². The summed E-state index contributed by atoms with van der Waals surface area (Å²) in [6, 6.07) is 2.40. The standard InChI is InChI=1S/C20H20F3N5OS/c1-13-8-14(4-5-15(13)10-29-12-27-24-2)18-19(28(3)11-26-18)30-17-7-6-16(9-25-17)20(21,22)23/h4-9,11-13,15H,2,10H2,1,3H3/b27-12-. The molecule has 6 nitrogen and oxygen atoms in total. The van der Waals surface area contributed by atoms with Gasteiger partial charge in [0.2, 0.25) is 0 Å². The van der Waals surface area contributed by atoms with Crippen LogP contribution in [0, 0.1) is 11.8 Å². The molecule has 0 saturated heterocycles. The SMILES string of the molecule is C=N/N=C\OCC1C=CC(c2ncn(C)c2Sc2ccc(C(F)(F)F)cn2)=CC1C. The van der Waals surface area contributed by atoms with Crippen molar-refractivity contribution in [2.45, 2.75) is 23.2 Å². The molecule has 0 radical (unpaired) electrons. The Morgan fingerprint density at radius 2 is 2.13 bits per heavy atom. The summed E-state index contributed by atoms with van der Waals surface area (Å²) in [5.41, 5.74) is 0.922. The van der Waals surface area contributed by atoms with Crippen molar-refractivity contribution in [3.05, 3.63) is 54.1 Å². The number of rotatable bonds is 7. The monoisotopic (exact) mass is 435 g/mol. The van der Waals surface area contributed by atoms with E-state index in [1.165, 1.54) is 24.2 Å². The second-order valence-corrected chi connectivity index (χ2v) is 7.70. The van der Waals surface area contributed by atoms with Gasteiger partial charge in [0.25, 0.3) is 0 Å². The second kappa shape index (κ2) is 9.29. The van der Waals surface area contributed by atoms with Gasteiger partial charge in [-0.25, -0.2) is 9.97 Å². The van der Waals surface area contributed by atoms with Gasteiger partial charge in [0.1, 0.15) is 15.7 Å². The van der Waals surface area contributed by atoms with Crippen molar-refractivity contribution in [2.24, 2.45) is 29.1 Å². The van der Waals surface area contributed by atoms with E-state index in [2.05, 4.69) is 46.0 Å². The summed E-state index contributed by atoms with van der Waals surface area (Å²) in [7, 11) is 1.84. The third-order valence-corrected chi connectivity index (χ3v) is 5.68. The van der Waals surface area contributed by atoms with E-state index in [9.17, 15) is 13.2 Å². The summed E-state index contributed by atoms with van der Waals surface area (Å²) in [5, 5.41) is 8.16. The quantitative estimate of drug-likeness (QED) is 0.354. The molecule has 0 spiro atoms. The molecule has 2 atom stereocenters. The summed E-state index contributed by atoms with van der Waals surface area (Å²) in [4.78, 5) is 8.43. The minimum absolute atomic E-state index is 0.168. The van der Waals surface area contributed by atoms with E-state index in [0.29, 0.717) is 11.6 Å². The number of nitrogens with zero attached hydrogens (tertiary/aromatic N) is 5. The second-order valence-electron chi connectivity index (χ2n) is 6.69. The van der Waals surface area contributed by atoms with E-state index < -0.39 is 11.7 Å². The third kappa shape index (κ3) is 5.18. The lowest BCUT2D eigenvalue weighted by Gasteiger charge is -2.22. The van der Waals surface area contributed by atoms with Gasteiger partial charge in [-0.3, -0.25) is 0 Å². The predicted octanol–water partition coefficient (Wildman–Crippen LogP) is 4.85. The number of pyridine rings is 1. The molecule has 0 amide bonds. The third-order valence-electron chi connectivity index (χ3n) is 4.55. The van der Waals surface area contributed by atoms with Crippen LogP contribution < -0.4 is 0 Å². The molecule has 0 bridgehead atoms. The first kappa shape index (κ1) is 21.8. The van der Waals surface area contributed by atoms with E-state index in [4.69, 9.17) is 4.74 Å². The Morgan fingerprint density at radius 1 is 1.33 bits per heavy atom. The highest BCUT2D eigenvalue weighted by molar-refractivity contribution is 7.99. The maximum absolute atomic E-state index is 12.8. The minimum Gasteiger partial charge on any atom is -0.481 e. The smallest absolute Gasteiger partial charge is 0.417 e. The highest BCUT2D eigenvalue weighted by Crippen LogP contribution is 2.36. The van der Waals surface area contributed by atoms with Gasteiger partial charge in [-0.1, -0.05) is 25.2 Å². The summed E-state index contributed by atoms with van der Waals surface area (Å²) >= 11 is 1.27. The van der Waals surface area contributed by atoms with Gasteiger partial charge < -0.3 is 9.30 Å². The van der Waals surface area contributed by atoms with Crippen LogP contribution in [0.25, 0.3) is 5.57 Å². The number of imidazole rings is 1. The van der Waals surface area contributed by atoms with Crippen LogP contribution in [0.15, 0.2) is 63.1 Å². The molecule has 0 N–H and O–H groups in total. The van der Waals surface area contributed by atoms with Gasteiger partial charge >= 0.3 is 6.18 Å². The number of halogens is 3. The number of allylic oxidation sites excluding steroid dienone is 3. The molecule has 3 rings (SSSR count). The van der Waals surface area contributed by atoms with Crippen LogP contribution in [0.1, 0.15) is 18.2 Å². The molecule has 0 aromatic carbocycles. The Balaban J connectivity index is 1.75. The number of hydrogen-bond donors (Lipinski definition) is 0. The van der Waals surface area contributed by atoms with Crippen LogP contribution in [0.2, 0.25) is 0 Å². The van der Waals surface area contributed by atoms with E-state index in [1.807, 2.05) is 17.7 Å². The highest BCUT2D eigenvalue weighted by Gasteiger charge is 2.30. The van der Waals surface area contributed by atoms with Crippen molar-refractivity contribution in [1.29, 1.82) is 0 Å². The van der Waals surface area contributed by atoms with E-state index >= 15 is 0 Å². The number of aryl methyl sites for hydroxylation is 1. The number of hydrogen-bond acceptors (Lipinski definition) is 6. The zero-order valence-corrected chi connectivity index (χ0v) is 17.2. The van der Waals surface area contributed by atoms with Crippen LogP contribution in [-0.4, -0.2) is 34.3 Å². The lowest BCUT2D eigenvalue weighted by molar-refractivity contribution is -0.137. The summed E-state index contributed by atoms with van der Waals surface area (Å²) in [5.74, 6) is 0.362. The molecule has 2 aromatic rings. The Morgan fingerprint density at radius 3 is 2.77 bits per heavy atom. The van der Waals surface area contributed by atoms with E-state index in [-0.39, 0.29) is 11.8 Å². The Hall–Kier alpha value is -2.88. The fourth-order valence-electron chi connectivity index (χ4n) is 2.90. The molecule has 1 aliphatic rings. The van der Waals surface area contributed by atoms with E-state index in [0.717, 1.165) is 28.6 Å². The lowest BCUT2D eigenvalue weighted by atomic mass is 9.87. The van der Waals surface area contributed by atoms with Crippen molar-refractivity contribution in [1.82, 2.24) is 14.5 Å². The normalized spacial score (nSPS) is 19.2. The topological polar surface area (TPSA) is 64.7 Å². The number of ether oxygens (including phenoxy) is 1. The van der Waals surface area contributed by atoms with Gasteiger partial charge in [0.05, 0.1) is 18.5 Å². The molecule has 0 fully saturated rings. The highest BCUT2D eigenvalue weighted by atomic mass is 32.2. The number of aromatic nitrogens is 3. The van der Waals surface area contributed by atoms with Crippen molar-refractivity contribution in [3.63, 3.8) is 0 Å². The van der Waals surface area contributed by atoms with Gasteiger partial charge in [0, 0.05) is 25.9 Å². The molecule has 158 valence electrons. The van der Waals surface area contributed by atoms with Crippen LogP contribution in [0.4, 0.5) is 13.2 Å². The van der Waals surface area contributed by atoms with Gasteiger partial charge in [-0.15, -0.1) is 5.10 Å². The molecule has 2 aromatic heterocycles. The summed E-state index contributed by atoms with van der Waals surface area (Å²) < 4.78 is 45.4. The van der Waals surface area contributed by atoms with Crippen molar-refractivity contribution in [2.75, 3.05) is 6.61 Å². The lowest BCUT2D eigenvalue weighted by Crippen LogP contribution is -2.16. The average molecular weight is 435 g/mol. The molecule has 0 aliphatic heterocycles. The van der Waals surface area contributed by atoms with Crippen LogP contribution in [0.5, 0.6) is 0 Å². The van der Waals surface area contributed by atoms with Crippen molar-refractivity contribution < 1.29 is 17.9 Å². The van der Waals surface area contributed by atoms with Gasteiger partial charge in [-0.05, 0) is 35.4 Å². The molecule has 30 heavy (non-hydrogen) atoms. The largest absolute Gasteiger partial charge is 0.481 e. The fourth-order valence-corrected chi connectivity index (χ4v) is 3.79. The van der Waals surface area contributed by atoms with E-state index in [1.54, 1.807) is 6.33 Å². The molecule has 1 aliphatic carbocycles. The zero-order valence-electron chi connectivity index (χ0n) is 16.4. The fraction of sp³-hybridized carbons (Fsp3) is 0.300. The van der Waals surface area contributed by atoms with Crippen LogP contribution in [0.3, 0.4) is 0 Å². The maximum atomic E-state index is 12.8. The van der Waals surface area contributed by atoms with Crippen LogP contribution >= 0.6 is 11.8 Å². The van der Waals surface area contributed by atoms with Crippen LogP contribution in [-0.2, 0) is 18.0 Å².